The Morgan fingerprint density at radius 3 is 2.29 bits per heavy atom. The Morgan fingerprint density at radius 1 is 1.14 bits per heavy atom. The molecule has 0 radical (unpaired) electrons. The van der Waals surface area contributed by atoms with Gasteiger partial charge < -0.3 is 10.1 Å². The molecule has 0 aromatic heterocycles. The number of carbonyl (C=O) groups excluding carboxylic acids is 3. The number of nitrogens with zero attached hydrogens (tertiary/aromatic N) is 1. The lowest BCUT2D eigenvalue weighted by Crippen LogP contribution is -2.45. The lowest BCUT2D eigenvalue weighted by Gasteiger charge is -2.24. The fraction of sp³-hybridized carbons (Fsp3) is 0.400. The van der Waals surface area contributed by atoms with Gasteiger partial charge in [0.05, 0.1) is 11.1 Å². The van der Waals surface area contributed by atoms with E-state index in [0.717, 1.165) is 17.7 Å². The van der Waals surface area contributed by atoms with E-state index in [0.29, 0.717) is 24.3 Å². The molecule has 0 spiro atoms. The van der Waals surface area contributed by atoms with Crippen molar-refractivity contribution >= 4 is 17.7 Å². The summed E-state index contributed by atoms with van der Waals surface area (Å²) in [5, 5.41) is 2.85. The summed E-state index contributed by atoms with van der Waals surface area (Å²) in [4.78, 5) is 37.3. The number of fused-ring (bicyclic) bond motifs is 1. The number of rotatable bonds is 3. The molecule has 0 bridgehead atoms. The van der Waals surface area contributed by atoms with E-state index >= 15 is 0 Å². The first-order valence-corrected chi connectivity index (χ1v) is 6.99. The number of amides is 3. The maximum atomic E-state index is 12.1. The summed E-state index contributed by atoms with van der Waals surface area (Å²) >= 11 is 0. The molecule has 1 aromatic rings. The van der Waals surface area contributed by atoms with Crippen molar-refractivity contribution in [2.24, 2.45) is 0 Å². The van der Waals surface area contributed by atoms with E-state index in [1.54, 1.807) is 24.3 Å². The maximum absolute atomic E-state index is 12.1. The van der Waals surface area contributed by atoms with Gasteiger partial charge in [0.25, 0.3) is 11.8 Å². The zero-order valence-electron chi connectivity index (χ0n) is 11.5. The van der Waals surface area contributed by atoms with Gasteiger partial charge in [0.2, 0.25) is 5.91 Å². The van der Waals surface area contributed by atoms with E-state index in [-0.39, 0.29) is 18.5 Å². The Bertz CT molecular complexity index is 558. The van der Waals surface area contributed by atoms with Crippen LogP contribution in [0.5, 0.6) is 0 Å². The largest absolute Gasteiger partial charge is 0.381 e. The van der Waals surface area contributed by atoms with Crippen molar-refractivity contribution in [2.75, 3.05) is 19.8 Å². The van der Waals surface area contributed by atoms with Crippen LogP contribution in [0.15, 0.2) is 24.3 Å². The lowest BCUT2D eigenvalue weighted by molar-refractivity contribution is -0.122. The first kappa shape index (κ1) is 13.8. The van der Waals surface area contributed by atoms with Crippen LogP contribution in [0.4, 0.5) is 0 Å². The summed E-state index contributed by atoms with van der Waals surface area (Å²) in [6.07, 6.45) is 1.52. The average molecular weight is 288 g/mol. The van der Waals surface area contributed by atoms with Gasteiger partial charge in [-0.3, -0.25) is 19.3 Å². The maximum Gasteiger partial charge on any atom is 0.262 e. The number of hydrogen-bond donors (Lipinski definition) is 1. The summed E-state index contributed by atoms with van der Waals surface area (Å²) in [5.74, 6) is -1.12. The lowest BCUT2D eigenvalue weighted by atomic mass is 10.1. The van der Waals surface area contributed by atoms with Crippen LogP contribution in [0.3, 0.4) is 0 Å². The van der Waals surface area contributed by atoms with Gasteiger partial charge in [0, 0.05) is 19.3 Å². The second kappa shape index (κ2) is 5.65. The molecule has 0 aliphatic carbocycles. The molecule has 2 aliphatic rings. The van der Waals surface area contributed by atoms with Crippen molar-refractivity contribution in [2.45, 2.75) is 18.9 Å². The summed E-state index contributed by atoms with van der Waals surface area (Å²) in [5.41, 5.74) is 0.725. The van der Waals surface area contributed by atoms with Crippen molar-refractivity contribution in [3.05, 3.63) is 35.4 Å². The van der Waals surface area contributed by atoms with Crippen LogP contribution in [-0.4, -0.2) is 48.4 Å². The summed E-state index contributed by atoms with van der Waals surface area (Å²) in [7, 11) is 0. The Hall–Kier alpha value is -2.21. The minimum Gasteiger partial charge on any atom is -0.381 e. The van der Waals surface area contributed by atoms with Crippen LogP contribution >= 0.6 is 0 Å². The van der Waals surface area contributed by atoms with E-state index in [2.05, 4.69) is 5.32 Å². The molecular formula is C15H16N2O4. The van der Waals surface area contributed by atoms with Crippen molar-refractivity contribution in [1.82, 2.24) is 10.2 Å². The number of ether oxygens (including phenoxy) is 1. The predicted octanol–water partition coefficient (Wildman–Crippen LogP) is 0.578. The highest BCUT2D eigenvalue weighted by Gasteiger charge is 2.36. The molecule has 3 rings (SSSR count). The van der Waals surface area contributed by atoms with Gasteiger partial charge in [-0.15, -0.1) is 0 Å². The van der Waals surface area contributed by atoms with Crippen molar-refractivity contribution < 1.29 is 19.1 Å². The molecule has 1 saturated heterocycles. The van der Waals surface area contributed by atoms with Crippen molar-refractivity contribution in [1.29, 1.82) is 0 Å². The molecule has 0 atom stereocenters. The summed E-state index contributed by atoms with van der Waals surface area (Å²) < 4.78 is 5.22. The molecule has 3 amide bonds. The first-order valence-electron chi connectivity index (χ1n) is 6.99. The SMILES string of the molecule is O=C(CN1C(=O)c2ccccc2C1=O)NC1CCOCC1. The van der Waals surface area contributed by atoms with Gasteiger partial charge in [0.1, 0.15) is 6.54 Å². The van der Waals surface area contributed by atoms with Crippen LogP contribution in [0, 0.1) is 0 Å². The van der Waals surface area contributed by atoms with Crippen LogP contribution in [-0.2, 0) is 9.53 Å². The predicted molar refractivity (Wildman–Crippen MR) is 73.8 cm³/mol. The number of benzene rings is 1. The second-order valence-corrected chi connectivity index (χ2v) is 5.20. The van der Waals surface area contributed by atoms with Crippen LogP contribution in [0.1, 0.15) is 33.6 Å². The van der Waals surface area contributed by atoms with Gasteiger partial charge in [-0.2, -0.15) is 0 Å². The molecule has 6 heteroatoms. The molecule has 1 fully saturated rings. The highest BCUT2D eigenvalue weighted by molar-refractivity contribution is 6.22. The molecule has 6 nitrogen and oxygen atoms in total. The molecule has 0 unspecified atom stereocenters. The third kappa shape index (κ3) is 2.67. The van der Waals surface area contributed by atoms with Crippen molar-refractivity contribution in [3.8, 4) is 0 Å². The van der Waals surface area contributed by atoms with Crippen LogP contribution in [0.25, 0.3) is 0 Å². The van der Waals surface area contributed by atoms with E-state index in [1.165, 1.54) is 0 Å². The smallest absolute Gasteiger partial charge is 0.262 e. The highest BCUT2D eigenvalue weighted by Crippen LogP contribution is 2.22. The number of hydrogen-bond acceptors (Lipinski definition) is 4. The van der Waals surface area contributed by atoms with Crippen LogP contribution < -0.4 is 5.32 Å². The zero-order chi connectivity index (χ0) is 14.8. The topological polar surface area (TPSA) is 75.7 Å². The van der Waals surface area contributed by atoms with Gasteiger partial charge in [-0.1, -0.05) is 12.1 Å². The Morgan fingerprint density at radius 2 is 1.71 bits per heavy atom. The Balaban J connectivity index is 1.64. The van der Waals surface area contributed by atoms with E-state index in [4.69, 9.17) is 4.74 Å². The Labute approximate surface area is 122 Å². The Kier molecular flexibility index (Phi) is 3.70. The normalized spacial score (nSPS) is 18.8. The van der Waals surface area contributed by atoms with Crippen molar-refractivity contribution in [3.63, 3.8) is 0 Å². The summed E-state index contributed by atoms with van der Waals surface area (Å²) in [6, 6.07) is 6.67. The minimum absolute atomic E-state index is 0.0569. The minimum atomic E-state index is -0.405. The summed E-state index contributed by atoms with van der Waals surface area (Å²) in [6.45, 7) is 1.01. The zero-order valence-corrected chi connectivity index (χ0v) is 11.5. The first-order chi connectivity index (χ1) is 10.2. The highest BCUT2D eigenvalue weighted by atomic mass is 16.5. The third-order valence-electron chi connectivity index (χ3n) is 3.77. The van der Waals surface area contributed by atoms with Crippen LogP contribution in [0.2, 0.25) is 0 Å². The fourth-order valence-corrected chi connectivity index (χ4v) is 2.64. The third-order valence-corrected chi connectivity index (χ3v) is 3.77. The van der Waals surface area contributed by atoms with E-state index < -0.39 is 11.8 Å². The van der Waals surface area contributed by atoms with E-state index in [1.807, 2.05) is 0 Å². The molecule has 2 heterocycles. The average Bonchev–Trinajstić information content (AvgIpc) is 2.74. The molecule has 21 heavy (non-hydrogen) atoms. The van der Waals surface area contributed by atoms with Gasteiger partial charge in [-0.25, -0.2) is 0 Å². The molecular weight excluding hydrogens is 272 g/mol. The second-order valence-electron chi connectivity index (χ2n) is 5.20. The quantitative estimate of drug-likeness (QED) is 0.825. The molecule has 1 N–H and O–H groups in total. The molecule has 0 saturated carbocycles. The fourth-order valence-electron chi connectivity index (χ4n) is 2.64. The van der Waals surface area contributed by atoms with Gasteiger partial charge in [-0.05, 0) is 25.0 Å². The molecule has 110 valence electrons. The molecule has 2 aliphatic heterocycles. The molecule has 1 aromatic carbocycles. The number of carbonyl (C=O) groups is 3. The van der Waals surface area contributed by atoms with E-state index in [9.17, 15) is 14.4 Å². The number of imide groups is 1. The number of nitrogens with one attached hydrogen (secondary N) is 1. The monoisotopic (exact) mass is 288 g/mol. The standard InChI is InChI=1S/C15H16N2O4/c18-13(16-10-5-7-21-8-6-10)9-17-14(19)11-3-1-2-4-12(11)15(17)20/h1-4,10H,5-9H2,(H,16,18). The van der Waals surface area contributed by atoms with Gasteiger partial charge in [0.15, 0.2) is 0 Å². The van der Waals surface area contributed by atoms with Gasteiger partial charge >= 0.3 is 0 Å².